The lowest BCUT2D eigenvalue weighted by Gasteiger charge is -2.18. The first kappa shape index (κ1) is 15.4. The molecule has 0 unspecified atom stereocenters. The average Bonchev–Trinajstić information content (AvgIpc) is 2.36. The summed E-state index contributed by atoms with van der Waals surface area (Å²) in [7, 11) is 2.02. The van der Waals surface area contributed by atoms with Crippen molar-refractivity contribution in [2.75, 3.05) is 19.0 Å². The van der Waals surface area contributed by atoms with Crippen molar-refractivity contribution in [1.82, 2.24) is 4.90 Å². The first-order valence-corrected chi connectivity index (χ1v) is 6.36. The van der Waals surface area contributed by atoms with Crippen molar-refractivity contribution in [3.05, 3.63) is 33.9 Å². The minimum atomic E-state index is -0.424. The summed E-state index contributed by atoms with van der Waals surface area (Å²) in [5.41, 5.74) is 3.60. The van der Waals surface area contributed by atoms with E-state index in [2.05, 4.69) is 24.2 Å². The quantitative estimate of drug-likeness (QED) is 0.449. The maximum Gasteiger partial charge on any atom is 0.293 e. The Balaban J connectivity index is 2.74. The first-order chi connectivity index (χ1) is 8.93. The number of nitrogens with one attached hydrogen (secondary N) is 1. The smallest absolute Gasteiger partial charge is 0.293 e. The van der Waals surface area contributed by atoms with Crippen molar-refractivity contribution in [1.29, 1.82) is 0 Å². The Labute approximate surface area is 113 Å². The fourth-order valence-electron chi connectivity index (χ4n) is 1.82. The molecule has 0 saturated carbocycles. The van der Waals surface area contributed by atoms with Crippen molar-refractivity contribution < 1.29 is 4.92 Å². The van der Waals surface area contributed by atoms with Crippen molar-refractivity contribution in [3.63, 3.8) is 0 Å². The Morgan fingerprint density at radius 2 is 2.16 bits per heavy atom. The lowest BCUT2D eigenvalue weighted by molar-refractivity contribution is -0.384. The second kappa shape index (κ2) is 7.06. The number of nitrogen functional groups attached to an aromatic ring is 1. The molecule has 1 rings (SSSR count). The number of nitro benzene ring substituents is 1. The second-order valence-electron chi connectivity index (χ2n) is 5.17. The van der Waals surface area contributed by atoms with Crippen LogP contribution in [-0.4, -0.2) is 23.4 Å². The molecule has 0 atom stereocenters. The lowest BCUT2D eigenvalue weighted by atomic mass is 10.1. The van der Waals surface area contributed by atoms with Gasteiger partial charge in [-0.3, -0.25) is 16.0 Å². The highest BCUT2D eigenvalue weighted by Gasteiger charge is 2.14. The fraction of sp³-hybridized carbons (Fsp3) is 0.538. The van der Waals surface area contributed by atoms with Gasteiger partial charge in [-0.15, -0.1) is 0 Å². The zero-order valence-electron chi connectivity index (χ0n) is 11.7. The molecule has 1 aromatic carbocycles. The molecule has 0 aliphatic rings. The fourth-order valence-corrected chi connectivity index (χ4v) is 1.82. The molecule has 6 heteroatoms. The number of hydrogen-bond donors (Lipinski definition) is 2. The van der Waals surface area contributed by atoms with Gasteiger partial charge in [-0.25, -0.2) is 0 Å². The molecule has 0 saturated heterocycles. The van der Waals surface area contributed by atoms with Gasteiger partial charge in [0.05, 0.1) is 4.92 Å². The summed E-state index contributed by atoms with van der Waals surface area (Å²) in [5.74, 6) is 5.91. The highest BCUT2D eigenvalue weighted by Crippen LogP contribution is 2.25. The zero-order valence-corrected chi connectivity index (χ0v) is 11.7. The number of nitrogens with zero attached hydrogens (tertiary/aromatic N) is 2. The van der Waals surface area contributed by atoms with Crippen molar-refractivity contribution in [2.24, 2.45) is 11.8 Å². The number of anilines is 1. The van der Waals surface area contributed by atoms with Crippen molar-refractivity contribution >= 4 is 11.4 Å². The number of hydrogen-bond acceptors (Lipinski definition) is 5. The van der Waals surface area contributed by atoms with Gasteiger partial charge < -0.3 is 10.3 Å². The normalized spacial score (nSPS) is 11.1. The van der Waals surface area contributed by atoms with Crippen molar-refractivity contribution in [2.45, 2.75) is 26.8 Å². The molecule has 0 amide bonds. The Hall–Kier alpha value is -1.66. The number of nitro groups is 1. The molecule has 19 heavy (non-hydrogen) atoms. The first-order valence-electron chi connectivity index (χ1n) is 6.36. The van der Waals surface area contributed by atoms with E-state index in [0.717, 1.165) is 18.5 Å². The minimum absolute atomic E-state index is 0.0114. The summed E-state index contributed by atoms with van der Waals surface area (Å²) in [6.45, 7) is 6.03. The van der Waals surface area contributed by atoms with E-state index in [1.54, 1.807) is 12.1 Å². The Kier molecular flexibility index (Phi) is 5.72. The average molecular weight is 266 g/mol. The zero-order chi connectivity index (χ0) is 14.4. The van der Waals surface area contributed by atoms with Gasteiger partial charge in [0.25, 0.3) is 5.69 Å². The minimum Gasteiger partial charge on any atom is -0.318 e. The lowest BCUT2D eigenvalue weighted by Crippen LogP contribution is -2.20. The molecule has 0 aliphatic heterocycles. The van der Waals surface area contributed by atoms with Gasteiger partial charge in [0.15, 0.2) is 0 Å². The van der Waals surface area contributed by atoms with Gasteiger partial charge in [-0.05, 0) is 37.6 Å². The van der Waals surface area contributed by atoms with Crippen LogP contribution in [0.25, 0.3) is 0 Å². The highest BCUT2D eigenvalue weighted by molar-refractivity contribution is 5.61. The van der Waals surface area contributed by atoms with Crippen LogP contribution in [-0.2, 0) is 6.54 Å². The molecular formula is C13H22N4O2. The maximum absolute atomic E-state index is 10.9. The predicted molar refractivity (Wildman–Crippen MR) is 76.7 cm³/mol. The maximum atomic E-state index is 10.9. The van der Waals surface area contributed by atoms with E-state index in [9.17, 15) is 10.1 Å². The SMILES string of the molecule is CC(C)CCN(C)Cc1ccc(NN)c([N+](=O)[O-])c1. The molecular weight excluding hydrogens is 244 g/mol. The number of benzene rings is 1. The molecule has 6 nitrogen and oxygen atoms in total. The van der Waals surface area contributed by atoms with Crippen LogP contribution in [0.2, 0.25) is 0 Å². The van der Waals surface area contributed by atoms with Crippen LogP contribution in [0.3, 0.4) is 0 Å². The highest BCUT2D eigenvalue weighted by atomic mass is 16.6. The Bertz CT molecular complexity index is 435. The summed E-state index contributed by atoms with van der Waals surface area (Å²) in [6.07, 6.45) is 1.11. The van der Waals surface area contributed by atoms with E-state index in [1.807, 2.05) is 13.1 Å². The third-order valence-electron chi connectivity index (χ3n) is 2.96. The summed E-state index contributed by atoms with van der Waals surface area (Å²) in [6, 6.07) is 5.07. The van der Waals surface area contributed by atoms with Crippen LogP contribution in [0.1, 0.15) is 25.8 Å². The molecule has 0 aliphatic carbocycles. The summed E-state index contributed by atoms with van der Waals surface area (Å²) < 4.78 is 0. The topological polar surface area (TPSA) is 84.4 Å². The molecule has 0 aromatic heterocycles. The summed E-state index contributed by atoms with van der Waals surface area (Å²) >= 11 is 0. The van der Waals surface area contributed by atoms with Crippen LogP contribution in [0.15, 0.2) is 18.2 Å². The van der Waals surface area contributed by atoms with Crippen LogP contribution in [0, 0.1) is 16.0 Å². The molecule has 0 radical (unpaired) electrons. The number of nitrogens with two attached hydrogens (primary N) is 1. The Morgan fingerprint density at radius 3 is 2.68 bits per heavy atom. The van der Waals surface area contributed by atoms with Gasteiger partial charge in [0.2, 0.25) is 0 Å². The summed E-state index contributed by atoms with van der Waals surface area (Å²) in [5, 5.41) is 10.9. The monoisotopic (exact) mass is 266 g/mol. The number of rotatable bonds is 7. The molecule has 106 valence electrons. The van der Waals surface area contributed by atoms with E-state index < -0.39 is 4.92 Å². The molecule has 0 spiro atoms. The van der Waals surface area contributed by atoms with Gasteiger partial charge in [0, 0.05) is 12.6 Å². The predicted octanol–water partition coefficient (Wildman–Crippen LogP) is 2.36. The third-order valence-corrected chi connectivity index (χ3v) is 2.96. The number of hydrazine groups is 1. The van der Waals surface area contributed by atoms with Gasteiger partial charge in [-0.1, -0.05) is 19.9 Å². The molecule has 0 heterocycles. The molecule has 3 N–H and O–H groups in total. The van der Waals surface area contributed by atoms with Crippen LogP contribution in [0.5, 0.6) is 0 Å². The van der Waals surface area contributed by atoms with Gasteiger partial charge in [-0.2, -0.15) is 0 Å². The third kappa shape index (κ3) is 4.84. The Morgan fingerprint density at radius 1 is 1.47 bits per heavy atom. The van der Waals surface area contributed by atoms with Gasteiger partial charge in [0.1, 0.15) is 5.69 Å². The van der Waals surface area contributed by atoms with Crippen molar-refractivity contribution in [3.8, 4) is 0 Å². The summed E-state index contributed by atoms with van der Waals surface area (Å²) in [4.78, 5) is 12.7. The van der Waals surface area contributed by atoms with E-state index in [1.165, 1.54) is 0 Å². The van der Waals surface area contributed by atoms with E-state index in [-0.39, 0.29) is 5.69 Å². The standard InChI is InChI=1S/C13H22N4O2/c1-10(2)6-7-16(3)9-11-4-5-12(15-14)13(8-11)17(18)19/h4-5,8,10,15H,6-7,9,14H2,1-3H3. The van der Waals surface area contributed by atoms with E-state index in [0.29, 0.717) is 18.2 Å². The van der Waals surface area contributed by atoms with Gasteiger partial charge >= 0.3 is 0 Å². The molecule has 0 bridgehead atoms. The van der Waals surface area contributed by atoms with E-state index in [4.69, 9.17) is 5.84 Å². The van der Waals surface area contributed by atoms with Crippen LogP contribution in [0.4, 0.5) is 11.4 Å². The molecule has 1 aromatic rings. The van der Waals surface area contributed by atoms with E-state index >= 15 is 0 Å². The molecule has 0 fully saturated rings. The largest absolute Gasteiger partial charge is 0.318 e. The van der Waals surface area contributed by atoms with Crippen LogP contribution < -0.4 is 11.3 Å². The van der Waals surface area contributed by atoms with Crippen LogP contribution >= 0.6 is 0 Å². The second-order valence-corrected chi connectivity index (χ2v) is 5.17.